The van der Waals surface area contributed by atoms with Crippen LogP contribution in [0.5, 0.6) is 0 Å². The van der Waals surface area contributed by atoms with Crippen molar-refractivity contribution < 1.29 is 15.3 Å². The summed E-state index contributed by atoms with van der Waals surface area (Å²) in [5, 5.41) is 39.7. The van der Waals surface area contributed by atoms with Crippen LogP contribution in [0.25, 0.3) is 0 Å². The summed E-state index contributed by atoms with van der Waals surface area (Å²) in [5.41, 5.74) is 2.23. The van der Waals surface area contributed by atoms with E-state index in [0.717, 1.165) is 64.0 Å². The van der Waals surface area contributed by atoms with Gasteiger partial charge in [0.15, 0.2) is 0 Å². The SMILES string of the molecule is CCCCCCNc1cccc(CCC2CCC3(C2)CC2(C)C(CC3O)C(O)CC3C4CCC5C(CN6CC(C)CCC6C5(C)O)C4CC32)c1. The summed E-state index contributed by atoms with van der Waals surface area (Å²) in [5.74, 6) is 5.26. The molecular formula is C45H72N2O3. The highest BCUT2D eigenvalue weighted by atomic mass is 16.3. The van der Waals surface area contributed by atoms with Crippen molar-refractivity contribution in [3.63, 3.8) is 0 Å². The Morgan fingerprint density at radius 1 is 0.860 bits per heavy atom. The number of fused-ring (bicyclic) bond motifs is 8. The molecule has 1 aromatic rings. The van der Waals surface area contributed by atoms with E-state index in [1.54, 1.807) is 0 Å². The van der Waals surface area contributed by atoms with Crippen LogP contribution >= 0.6 is 0 Å². The average molecular weight is 689 g/mol. The minimum absolute atomic E-state index is 0.0153. The Morgan fingerprint density at radius 3 is 2.56 bits per heavy atom. The van der Waals surface area contributed by atoms with Crippen molar-refractivity contribution >= 4 is 5.69 Å². The molecule has 5 nitrogen and oxygen atoms in total. The number of nitrogens with one attached hydrogen (secondary N) is 1. The number of hydrogen-bond donors (Lipinski definition) is 4. The molecule has 280 valence electrons. The van der Waals surface area contributed by atoms with Gasteiger partial charge >= 0.3 is 0 Å². The Hall–Kier alpha value is -1.14. The van der Waals surface area contributed by atoms with E-state index in [1.165, 1.54) is 82.0 Å². The van der Waals surface area contributed by atoms with Gasteiger partial charge in [-0.3, -0.25) is 4.90 Å². The summed E-state index contributed by atoms with van der Waals surface area (Å²) in [6.45, 7) is 12.8. The fraction of sp³-hybridized carbons (Fsp3) is 0.867. The molecule has 2 heterocycles. The first-order chi connectivity index (χ1) is 24.0. The maximum atomic E-state index is 12.2. The molecule has 0 amide bonds. The maximum absolute atomic E-state index is 12.2. The average Bonchev–Trinajstić information content (AvgIpc) is 3.67. The van der Waals surface area contributed by atoms with E-state index in [0.29, 0.717) is 47.5 Å². The lowest BCUT2D eigenvalue weighted by atomic mass is 9.46. The highest BCUT2D eigenvalue weighted by molar-refractivity contribution is 5.45. The predicted octanol–water partition coefficient (Wildman–Crippen LogP) is 8.70. The Balaban J connectivity index is 0.949. The monoisotopic (exact) mass is 689 g/mol. The molecular weight excluding hydrogens is 617 g/mol. The summed E-state index contributed by atoms with van der Waals surface area (Å²) in [4.78, 5) is 2.71. The van der Waals surface area contributed by atoms with Gasteiger partial charge in [-0.15, -0.1) is 0 Å². The van der Waals surface area contributed by atoms with Gasteiger partial charge < -0.3 is 20.6 Å². The van der Waals surface area contributed by atoms with E-state index in [1.807, 2.05) is 0 Å². The van der Waals surface area contributed by atoms with Gasteiger partial charge in [0, 0.05) is 31.4 Å². The Labute approximate surface area is 304 Å². The van der Waals surface area contributed by atoms with E-state index >= 15 is 0 Å². The normalized spacial score (nSPS) is 48.4. The zero-order valence-electron chi connectivity index (χ0n) is 32.2. The van der Waals surface area contributed by atoms with Gasteiger partial charge in [-0.05, 0) is 179 Å². The predicted molar refractivity (Wildman–Crippen MR) is 204 cm³/mol. The van der Waals surface area contributed by atoms with Crippen molar-refractivity contribution in [2.24, 2.45) is 64.1 Å². The van der Waals surface area contributed by atoms with Crippen LogP contribution in [0.3, 0.4) is 0 Å². The molecule has 5 saturated carbocycles. The van der Waals surface area contributed by atoms with E-state index < -0.39 is 5.60 Å². The van der Waals surface area contributed by atoms with Crippen LogP contribution < -0.4 is 5.32 Å². The number of piperidine rings is 2. The molecule has 0 radical (unpaired) electrons. The smallest absolute Gasteiger partial charge is 0.0805 e. The summed E-state index contributed by atoms with van der Waals surface area (Å²) in [6.07, 6.45) is 19.4. The number of benzene rings is 1. The molecule has 50 heavy (non-hydrogen) atoms. The first-order valence-corrected chi connectivity index (χ1v) is 21.7. The lowest BCUT2D eigenvalue weighted by Gasteiger charge is -2.60. The maximum Gasteiger partial charge on any atom is 0.0805 e. The van der Waals surface area contributed by atoms with Gasteiger partial charge in [0.25, 0.3) is 0 Å². The Kier molecular flexibility index (Phi) is 9.99. The topological polar surface area (TPSA) is 76.0 Å². The molecule has 8 rings (SSSR count). The summed E-state index contributed by atoms with van der Waals surface area (Å²) >= 11 is 0. The van der Waals surface area contributed by atoms with Crippen molar-refractivity contribution in [1.29, 1.82) is 0 Å². The molecule has 4 N–H and O–H groups in total. The second kappa shape index (κ2) is 13.9. The zero-order valence-corrected chi connectivity index (χ0v) is 32.2. The molecule has 15 unspecified atom stereocenters. The Morgan fingerprint density at radius 2 is 1.72 bits per heavy atom. The number of aryl methyl sites for hydroxylation is 1. The molecule has 15 atom stereocenters. The number of unbranched alkanes of at least 4 members (excludes halogenated alkanes) is 3. The third-order valence-electron chi connectivity index (χ3n) is 17.3. The number of aliphatic hydroxyl groups excluding tert-OH is 2. The molecule has 7 fully saturated rings. The fourth-order valence-corrected chi connectivity index (χ4v) is 15.0. The highest BCUT2D eigenvalue weighted by Crippen LogP contribution is 2.70. The van der Waals surface area contributed by atoms with Crippen LogP contribution in [0.15, 0.2) is 24.3 Å². The second-order valence-corrected chi connectivity index (χ2v) is 20.1. The Bertz CT molecular complexity index is 1330. The van der Waals surface area contributed by atoms with Crippen LogP contribution in [-0.4, -0.2) is 63.7 Å². The van der Waals surface area contributed by atoms with E-state index in [4.69, 9.17) is 0 Å². The van der Waals surface area contributed by atoms with Crippen molar-refractivity contribution in [3.05, 3.63) is 29.8 Å². The van der Waals surface area contributed by atoms with E-state index in [2.05, 4.69) is 62.2 Å². The first-order valence-electron chi connectivity index (χ1n) is 21.7. The quantitative estimate of drug-likeness (QED) is 0.195. The fourth-order valence-electron chi connectivity index (χ4n) is 15.0. The molecule has 2 saturated heterocycles. The number of hydrogen-bond acceptors (Lipinski definition) is 5. The molecule has 1 aromatic carbocycles. The van der Waals surface area contributed by atoms with Crippen molar-refractivity contribution in [3.8, 4) is 0 Å². The molecule has 5 heteroatoms. The van der Waals surface area contributed by atoms with Gasteiger partial charge in [-0.1, -0.05) is 52.2 Å². The van der Waals surface area contributed by atoms with Gasteiger partial charge in [0.2, 0.25) is 0 Å². The van der Waals surface area contributed by atoms with Crippen molar-refractivity contribution in [2.75, 3.05) is 25.0 Å². The van der Waals surface area contributed by atoms with Gasteiger partial charge in [-0.2, -0.15) is 0 Å². The van der Waals surface area contributed by atoms with E-state index in [-0.39, 0.29) is 29.0 Å². The molecule has 5 aliphatic carbocycles. The lowest BCUT2D eigenvalue weighted by molar-refractivity contribution is -0.180. The first kappa shape index (κ1) is 35.9. The second-order valence-electron chi connectivity index (χ2n) is 20.1. The van der Waals surface area contributed by atoms with Crippen LogP contribution in [0.4, 0.5) is 5.69 Å². The summed E-state index contributed by atoms with van der Waals surface area (Å²) in [7, 11) is 0. The molecule has 0 aromatic heterocycles. The zero-order chi connectivity index (χ0) is 34.8. The van der Waals surface area contributed by atoms with Crippen LogP contribution in [0, 0.1) is 64.1 Å². The van der Waals surface area contributed by atoms with E-state index in [9.17, 15) is 15.3 Å². The standard InChI is InChI=1S/C45H72N2O3/c1-5-6-7-8-20-46-32-11-9-10-30(21-32)13-14-31-18-19-45(25-31)28-43(3)38-22-34-33(35(38)23-40(48)39(43)24-42(45)49)15-16-37-36(34)27-47-26-29(2)12-17-41(47)44(37,4)50/h9-11,21,29,31,33-42,46,48-50H,5-8,12-20,22-28H2,1-4H3. The molecule has 0 bridgehead atoms. The van der Waals surface area contributed by atoms with Crippen molar-refractivity contribution in [2.45, 2.75) is 161 Å². The highest BCUT2D eigenvalue weighted by Gasteiger charge is 2.67. The van der Waals surface area contributed by atoms with Gasteiger partial charge in [0.05, 0.1) is 17.8 Å². The van der Waals surface area contributed by atoms with Gasteiger partial charge in [-0.25, -0.2) is 0 Å². The van der Waals surface area contributed by atoms with Crippen LogP contribution in [0.1, 0.15) is 136 Å². The summed E-state index contributed by atoms with van der Waals surface area (Å²) < 4.78 is 0. The molecule has 1 spiro atoms. The van der Waals surface area contributed by atoms with Crippen LogP contribution in [-0.2, 0) is 6.42 Å². The molecule has 7 aliphatic rings. The largest absolute Gasteiger partial charge is 0.393 e. The lowest BCUT2D eigenvalue weighted by Crippen LogP contribution is -2.67. The van der Waals surface area contributed by atoms with Crippen molar-refractivity contribution in [1.82, 2.24) is 4.90 Å². The number of rotatable bonds is 9. The third kappa shape index (κ3) is 6.22. The number of aliphatic hydroxyl groups is 3. The molecule has 2 aliphatic heterocycles. The summed E-state index contributed by atoms with van der Waals surface area (Å²) in [6, 6.07) is 9.45. The third-order valence-corrected chi connectivity index (χ3v) is 17.3. The van der Waals surface area contributed by atoms with Crippen LogP contribution in [0.2, 0.25) is 0 Å². The minimum atomic E-state index is -0.586. The number of anilines is 1. The number of nitrogens with zero attached hydrogens (tertiary/aromatic N) is 1. The minimum Gasteiger partial charge on any atom is -0.393 e. The van der Waals surface area contributed by atoms with Gasteiger partial charge in [0.1, 0.15) is 0 Å².